The van der Waals surface area contributed by atoms with E-state index in [1.54, 1.807) is 0 Å². The Morgan fingerprint density at radius 2 is 0.820 bits per heavy atom. The van der Waals surface area contributed by atoms with Gasteiger partial charge >= 0.3 is 0 Å². The van der Waals surface area contributed by atoms with Crippen LogP contribution in [0.25, 0.3) is 100.0 Å². The van der Waals surface area contributed by atoms with E-state index in [0.717, 1.165) is 33.9 Å². The summed E-state index contributed by atoms with van der Waals surface area (Å²) in [6, 6.07) is 65.0. The zero-order valence-electron chi connectivity index (χ0n) is 27.2. The summed E-state index contributed by atoms with van der Waals surface area (Å²) in [4.78, 5) is 10.1. The molecule has 1 aliphatic rings. The number of fused-ring (bicyclic) bond motifs is 4. The Morgan fingerprint density at radius 1 is 0.300 bits per heavy atom. The fraction of sp³-hybridized carbons (Fsp3) is 0. The molecule has 1 aliphatic carbocycles. The fourth-order valence-electron chi connectivity index (χ4n) is 7.72. The van der Waals surface area contributed by atoms with Crippen LogP contribution in [0.1, 0.15) is 0 Å². The molecular weight excluding hydrogens is 605 g/mol. The molecule has 9 aromatic rings. The number of aromatic nitrogens is 2. The molecule has 8 aromatic carbocycles. The SMILES string of the molecule is c1ccc(-c2cc(-c3ccc(-c4ccc5ccccc5c4-c4ccc5c6c(cccc46)-c4ccccc4-5)cc3)nc(-c3ccccc3)n2)cc1. The molecule has 232 valence electrons. The van der Waals surface area contributed by atoms with Crippen molar-refractivity contribution in [2.75, 3.05) is 0 Å². The van der Waals surface area contributed by atoms with Crippen molar-refractivity contribution in [3.63, 3.8) is 0 Å². The lowest BCUT2D eigenvalue weighted by Gasteiger charge is -2.17. The van der Waals surface area contributed by atoms with Crippen LogP contribution in [-0.4, -0.2) is 9.97 Å². The van der Waals surface area contributed by atoms with Crippen LogP contribution >= 0.6 is 0 Å². The highest BCUT2D eigenvalue weighted by Gasteiger charge is 2.24. The standard InChI is InChI=1S/C48H30N2/c1-3-13-33(14-4-1)44-30-45(50-48(49-44)35-15-5-2-6-16-35)34-24-22-32(23-25-34)37-27-26-31-12-7-8-17-36(31)46(37)43-29-28-42-39-19-10-9-18-38(39)40-20-11-21-41(43)47(40)42/h1-30H. The summed E-state index contributed by atoms with van der Waals surface area (Å²) in [6.45, 7) is 0. The molecule has 0 unspecified atom stereocenters. The van der Waals surface area contributed by atoms with Gasteiger partial charge in [-0.15, -0.1) is 0 Å². The first-order valence-corrected chi connectivity index (χ1v) is 17.1. The van der Waals surface area contributed by atoms with Crippen molar-refractivity contribution in [3.8, 4) is 78.4 Å². The summed E-state index contributed by atoms with van der Waals surface area (Å²) in [5, 5.41) is 5.11. The van der Waals surface area contributed by atoms with E-state index in [1.165, 1.54) is 66.1 Å². The van der Waals surface area contributed by atoms with Gasteiger partial charge in [-0.25, -0.2) is 9.97 Å². The second-order valence-corrected chi connectivity index (χ2v) is 12.9. The lowest BCUT2D eigenvalue weighted by Crippen LogP contribution is -1.96. The molecule has 0 radical (unpaired) electrons. The number of nitrogens with zero attached hydrogens (tertiary/aromatic N) is 2. The van der Waals surface area contributed by atoms with Crippen LogP contribution in [0.5, 0.6) is 0 Å². The minimum absolute atomic E-state index is 0.719. The molecule has 0 fully saturated rings. The molecule has 1 heterocycles. The van der Waals surface area contributed by atoms with Crippen molar-refractivity contribution in [2.24, 2.45) is 0 Å². The quantitative estimate of drug-likeness (QED) is 0.188. The van der Waals surface area contributed by atoms with Gasteiger partial charge in [-0.2, -0.15) is 0 Å². The lowest BCUT2D eigenvalue weighted by molar-refractivity contribution is 1.18. The van der Waals surface area contributed by atoms with E-state index in [9.17, 15) is 0 Å². The van der Waals surface area contributed by atoms with Crippen molar-refractivity contribution >= 4 is 21.5 Å². The van der Waals surface area contributed by atoms with E-state index in [1.807, 2.05) is 24.3 Å². The van der Waals surface area contributed by atoms with Crippen LogP contribution in [0, 0.1) is 0 Å². The first-order valence-electron chi connectivity index (χ1n) is 17.1. The number of hydrogen-bond donors (Lipinski definition) is 0. The van der Waals surface area contributed by atoms with E-state index < -0.39 is 0 Å². The fourth-order valence-corrected chi connectivity index (χ4v) is 7.72. The van der Waals surface area contributed by atoms with Crippen molar-refractivity contribution in [2.45, 2.75) is 0 Å². The first kappa shape index (κ1) is 28.4. The molecule has 50 heavy (non-hydrogen) atoms. The van der Waals surface area contributed by atoms with Gasteiger partial charge in [0.1, 0.15) is 0 Å². The Bertz CT molecular complexity index is 2640. The van der Waals surface area contributed by atoms with Gasteiger partial charge in [0.05, 0.1) is 11.4 Å². The van der Waals surface area contributed by atoms with Crippen LogP contribution in [0.2, 0.25) is 0 Å². The monoisotopic (exact) mass is 634 g/mol. The predicted molar refractivity (Wildman–Crippen MR) is 209 cm³/mol. The summed E-state index contributed by atoms with van der Waals surface area (Å²) in [6.07, 6.45) is 0. The maximum atomic E-state index is 5.07. The molecule has 0 amide bonds. The van der Waals surface area contributed by atoms with Crippen LogP contribution in [-0.2, 0) is 0 Å². The first-order chi connectivity index (χ1) is 24.8. The lowest BCUT2D eigenvalue weighted by atomic mass is 9.86. The molecule has 2 nitrogen and oxygen atoms in total. The van der Waals surface area contributed by atoms with E-state index in [2.05, 4.69) is 158 Å². The second kappa shape index (κ2) is 11.5. The van der Waals surface area contributed by atoms with E-state index >= 15 is 0 Å². The van der Waals surface area contributed by atoms with Crippen molar-refractivity contribution in [1.82, 2.24) is 9.97 Å². The van der Waals surface area contributed by atoms with Crippen molar-refractivity contribution in [1.29, 1.82) is 0 Å². The van der Waals surface area contributed by atoms with Crippen LogP contribution in [0.4, 0.5) is 0 Å². The Hall–Kier alpha value is -6.64. The molecule has 0 saturated carbocycles. The van der Waals surface area contributed by atoms with Gasteiger partial charge in [0, 0.05) is 16.7 Å². The highest BCUT2D eigenvalue weighted by molar-refractivity contribution is 6.21. The van der Waals surface area contributed by atoms with Crippen LogP contribution in [0.3, 0.4) is 0 Å². The topological polar surface area (TPSA) is 25.8 Å². The summed E-state index contributed by atoms with van der Waals surface area (Å²) < 4.78 is 0. The maximum absolute atomic E-state index is 5.07. The number of hydrogen-bond acceptors (Lipinski definition) is 2. The van der Waals surface area contributed by atoms with Crippen molar-refractivity contribution < 1.29 is 0 Å². The summed E-state index contributed by atoms with van der Waals surface area (Å²) in [5.74, 6) is 0.719. The molecular formula is C48H30N2. The van der Waals surface area contributed by atoms with Crippen LogP contribution in [0.15, 0.2) is 182 Å². The zero-order chi connectivity index (χ0) is 33.0. The van der Waals surface area contributed by atoms with E-state index in [4.69, 9.17) is 9.97 Å². The molecule has 0 aliphatic heterocycles. The molecule has 0 bridgehead atoms. The molecule has 0 atom stereocenters. The predicted octanol–water partition coefficient (Wildman–Crippen LogP) is 12.8. The van der Waals surface area contributed by atoms with Gasteiger partial charge in [-0.05, 0) is 72.1 Å². The summed E-state index contributed by atoms with van der Waals surface area (Å²) in [7, 11) is 0. The third-order valence-electron chi connectivity index (χ3n) is 10.1. The van der Waals surface area contributed by atoms with E-state index in [0.29, 0.717) is 0 Å². The largest absolute Gasteiger partial charge is 0.228 e. The molecule has 0 spiro atoms. The van der Waals surface area contributed by atoms with Gasteiger partial charge in [-0.1, -0.05) is 176 Å². The molecule has 10 rings (SSSR count). The average molecular weight is 635 g/mol. The van der Waals surface area contributed by atoms with E-state index in [-0.39, 0.29) is 0 Å². The molecule has 0 saturated heterocycles. The maximum Gasteiger partial charge on any atom is 0.160 e. The minimum Gasteiger partial charge on any atom is -0.228 e. The van der Waals surface area contributed by atoms with Gasteiger partial charge in [0.25, 0.3) is 0 Å². The Kier molecular flexibility index (Phi) is 6.53. The smallest absolute Gasteiger partial charge is 0.160 e. The number of benzene rings is 8. The third kappa shape index (κ3) is 4.57. The highest BCUT2D eigenvalue weighted by Crippen LogP contribution is 2.51. The minimum atomic E-state index is 0.719. The Balaban J connectivity index is 1.13. The van der Waals surface area contributed by atoms with Gasteiger partial charge in [0.15, 0.2) is 5.82 Å². The van der Waals surface area contributed by atoms with Gasteiger partial charge in [0.2, 0.25) is 0 Å². The number of rotatable bonds is 5. The molecule has 1 aromatic heterocycles. The summed E-state index contributed by atoms with van der Waals surface area (Å²) in [5.41, 5.74) is 15.1. The normalized spacial score (nSPS) is 11.6. The molecule has 0 N–H and O–H groups in total. The average Bonchev–Trinajstić information content (AvgIpc) is 3.53. The highest BCUT2D eigenvalue weighted by atomic mass is 14.9. The van der Waals surface area contributed by atoms with Gasteiger partial charge < -0.3 is 0 Å². The Morgan fingerprint density at radius 3 is 1.56 bits per heavy atom. The summed E-state index contributed by atoms with van der Waals surface area (Å²) >= 11 is 0. The second-order valence-electron chi connectivity index (χ2n) is 12.9. The van der Waals surface area contributed by atoms with Gasteiger partial charge in [-0.3, -0.25) is 0 Å². The Labute approximate surface area is 291 Å². The van der Waals surface area contributed by atoms with Crippen molar-refractivity contribution in [3.05, 3.63) is 182 Å². The zero-order valence-corrected chi connectivity index (χ0v) is 27.2. The third-order valence-corrected chi connectivity index (χ3v) is 10.1. The van der Waals surface area contributed by atoms with Crippen LogP contribution < -0.4 is 0 Å². The molecule has 2 heteroatoms.